The van der Waals surface area contributed by atoms with Crippen LogP contribution in [0.3, 0.4) is 0 Å². The van der Waals surface area contributed by atoms with Crippen molar-refractivity contribution in [3.8, 4) is 0 Å². The molecule has 0 aromatic carbocycles. The molecule has 72 valence electrons. The summed E-state index contributed by atoms with van der Waals surface area (Å²) < 4.78 is 16.9. The van der Waals surface area contributed by atoms with Gasteiger partial charge in [0.25, 0.3) is 0 Å². The number of ether oxygens (including phenoxy) is 3. The molecule has 0 aromatic heterocycles. The van der Waals surface area contributed by atoms with E-state index in [1.807, 2.05) is 11.8 Å². The van der Waals surface area contributed by atoms with Crippen LogP contribution in [0.15, 0.2) is 12.2 Å². The molecule has 2 saturated heterocycles. The van der Waals surface area contributed by atoms with Crippen molar-refractivity contribution in [2.75, 3.05) is 24.7 Å². The van der Waals surface area contributed by atoms with Crippen LogP contribution in [0.4, 0.5) is 0 Å². The van der Waals surface area contributed by atoms with Crippen molar-refractivity contribution in [1.82, 2.24) is 0 Å². The van der Waals surface area contributed by atoms with E-state index in [0.29, 0.717) is 13.2 Å². The fourth-order valence-corrected chi connectivity index (χ4v) is 3.13. The molecule has 2 unspecified atom stereocenters. The third-order valence-corrected chi connectivity index (χ3v) is 3.81. The second-order valence-electron chi connectivity index (χ2n) is 3.56. The normalized spacial score (nSPS) is 44.5. The highest BCUT2D eigenvalue weighted by atomic mass is 32.2. The first kappa shape index (κ1) is 8.29. The molecule has 0 saturated carbocycles. The predicted molar refractivity (Wildman–Crippen MR) is 49.8 cm³/mol. The van der Waals surface area contributed by atoms with Crippen LogP contribution < -0.4 is 0 Å². The lowest BCUT2D eigenvalue weighted by molar-refractivity contribution is -0.175. The summed E-state index contributed by atoms with van der Waals surface area (Å²) >= 11 is 1.91. The van der Waals surface area contributed by atoms with Crippen molar-refractivity contribution in [3.63, 3.8) is 0 Å². The Labute approximate surface area is 81.4 Å². The minimum atomic E-state index is -0.288. The van der Waals surface area contributed by atoms with Gasteiger partial charge in [-0.15, -0.1) is 0 Å². The second-order valence-corrected chi connectivity index (χ2v) is 4.59. The van der Waals surface area contributed by atoms with Crippen LogP contribution in [0.5, 0.6) is 0 Å². The predicted octanol–water partition coefficient (Wildman–Crippen LogP) is 0.800. The molecule has 3 aliphatic rings. The van der Waals surface area contributed by atoms with Gasteiger partial charge in [-0.2, -0.15) is 11.8 Å². The minimum absolute atomic E-state index is 0.179. The van der Waals surface area contributed by atoms with E-state index in [0.717, 1.165) is 11.5 Å². The van der Waals surface area contributed by atoms with Crippen LogP contribution in [-0.4, -0.2) is 42.7 Å². The summed E-state index contributed by atoms with van der Waals surface area (Å²) in [5, 5.41) is 0. The maximum absolute atomic E-state index is 5.89. The fourth-order valence-electron chi connectivity index (χ4n) is 1.98. The van der Waals surface area contributed by atoms with Crippen molar-refractivity contribution < 1.29 is 14.2 Å². The summed E-state index contributed by atoms with van der Waals surface area (Å²) in [4.78, 5) is 0. The molecule has 3 heterocycles. The second kappa shape index (κ2) is 2.98. The molecule has 0 N–H and O–H groups in total. The van der Waals surface area contributed by atoms with Gasteiger partial charge in [0, 0.05) is 11.5 Å². The first-order valence-electron chi connectivity index (χ1n) is 4.57. The lowest BCUT2D eigenvalue weighted by Gasteiger charge is -2.36. The summed E-state index contributed by atoms with van der Waals surface area (Å²) in [6.45, 7) is 1.39. The quantitative estimate of drug-likeness (QED) is 0.585. The van der Waals surface area contributed by atoms with Gasteiger partial charge in [0.2, 0.25) is 0 Å². The van der Waals surface area contributed by atoms with Crippen LogP contribution in [-0.2, 0) is 14.2 Å². The Bertz CT molecular complexity index is 237. The van der Waals surface area contributed by atoms with Gasteiger partial charge in [0.15, 0.2) is 6.29 Å². The highest BCUT2D eigenvalue weighted by Crippen LogP contribution is 2.39. The molecule has 0 amide bonds. The zero-order valence-corrected chi connectivity index (χ0v) is 8.09. The monoisotopic (exact) mass is 200 g/mol. The molecule has 3 nitrogen and oxygen atoms in total. The molecule has 0 aromatic rings. The molecular weight excluding hydrogens is 188 g/mol. The van der Waals surface area contributed by atoms with E-state index in [1.165, 1.54) is 0 Å². The fraction of sp³-hybridized carbons (Fsp3) is 0.778. The Morgan fingerprint density at radius 1 is 1.31 bits per heavy atom. The van der Waals surface area contributed by atoms with Crippen molar-refractivity contribution in [2.24, 2.45) is 0 Å². The average molecular weight is 200 g/mol. The van der Waals surface area contributed by atoms with Crippen LogP contribution in [0.25, 0.3) is 0 Å². The molecule has 0 radical (unpaired) electrons. The van der Waals surface area contributed by atoms with Gasteiger partial charge < -0.3 is 14.2 Å². The molecule has 2 atom stereocenters. The highest BCUT2D eigenvalue weighted by molar-refractivity contribution is 7.99. The molecule has 2 bridgehead atoms. The summed E-state index contributed by atoms with van der Waals surface area (Å²) in [5.74, 6) is 2.01. The van der Waals surface area contributed by atoms with E-state index in [-0.39, 0.29) is 18.0 Å². The molecule has 4 heteroatoms. The van der Waals surface area contributed by atoms with Crippen molar-refractivity contribution in [3.05, 3.63) is 12.2 Å². The van der Waals surface area contributed by atoms with Gasteiger partial charge in [-0.1, -0.05) is 6.08 Å². The van der Waals surface area contributed by atoms with Crippen LogP contribution in [0.2, 0.25) is 0 Å². The summed E-state index contributed by atoms with van der Waals surface area (Å²) in [6.07, 6.45) is 4.34. The number of hydrogen-bond donors (Lipinski definition) is 0. The topological polar surface area (TPSA) is 27.7 Å². The number of fused-ring (bicyclic) bond motifs is 2. The molecule has 2 fully saturated rings. The van der Waals surface area contributed by atoms with E-state index in [4.69, 9.17) is 14.2 Å². The van der Waals surface area contributed by atoms with Gasteiger partial charge >= 0.3 is 0 Å². The SMILES string of the molecule is C1=CC2(C3OCCO3)CSCC1O2. The Morgan fingerprint density at radius 2 is 2.15 bits per heavy atom. The van der Waals surface area contributed by atoms with Crippen molar-refractivity contribution in [1.29, 1.82) is 0 Å². The van der Waals surface area contributed by atoms with E-state index in [9.17, 15) is 0 Å². The number of rotatable bonds is 1. The van der Waals surface area contributed by atoms with Gasteiger partial charge in [0.1, 0.15) is 5.60 Å². The van der Waals surface area contributed by atoms with Gasteiger partial charge in [-0.3, -0.25) is 0 Å². The molecular formula is C9H12O3S. The number of thioether (sulfide) groups is 1. The minimum Gasteiger partial charge on any atom is -0.357 e. The van der Waals surface area contributed by atoms with Gasteiger partial charge in [-0.05, 0) is 6.08 Å². The maximum Gasteiger partial charge on any atom is 0.191 e. The molecule has 0 aliphatic carbocycles. The third-order valence-electron chi connectivity index (χ3n) is 2.59. The molecule has 13 heavy (non-hydrogen) atoms. The lowest BCUT2D eigenvalue weighted by atomic mass is 10.1. The van der Waals surface area contributed by atoms with Crippen molar-refractivity contribution >= 4 is 11.8 Å². The van der Waals surface area contributed by atoms with Crippen molar-refractivity contribution in [2.45, 2.75) is 18.0 Å². The lowest BCUT2D eigenvalue weighted by Crippen LogP contribution is -2.48. The Morgan fingerprint density at radius 3 is 3.00 bits per heavy atom. The molecule has 3 aliphatic heterocycles. The van der Waals surface area contributed by atoms with Gasteiger partial charge in [-0.25, -0.2) is 0 Å². The Kier molecular flexibility index (Phi) is 1.90. The molecule has 3 rings (SSSR count). The van der Waals surface area contributed by atoms with E-state index in [1.54, 1.807) is 0 Å². The zero-order valence-electron chi connectivity index (χ0n) is 7.27. The molecule has 0 spiro atoms. The van der Waals surface area contributed by atoms with Gasteiger partial charge in [0.05, 0.1) is 19.3 Å². The smallest absolute Gasteiger partial charge is 0.191 e. The van der Waals surface area contributed by atoms with E-state index < -0.39 is 0 Å². The largest absolute Gasteiger partial charge is 0.357 e. The van der Waals surface area contributed by atoms with Crippen LogP contribution in [0, 0.1) is 0 Å². The summed E-state index contributed by atoms with van der Waals surface area (Å²) in [7, 11) is 0. The van der Waals surface area contributed by atoms with E-state index >= 15 is 0 Å². The highest BCUT2D eigenvalue weighted by Gasteiger charge is 2.48. The summed E-state index contributed by atoms with van der Waals surface area (Å²) in [6, 6.07) is 0. The first-order valence-corrected chi connectivity index (χ1v) is 5.73. The zero-order chi connectivity index (χ0) is 8.73. The maximum atomic E-state index is 5.89. The van der Waals surface area contributed by atoms with Crippen LogP contribution >= 0.6 is 11.8 Å². The first-order chi connectivity index (χ1) is 6.39. The Hall–Kier alpha value is -0.0300. The number of hydrogen-bond acceptors (Lipinski definition) is 4. The van der Waals surface area contributed by atoms with E-state index in [2.05, 4.69) is 12.2 Å². The van der Waals surface area contributed by atoms with Crippen LogP contribution in [0.1, 0.15) is 0 Å². The summed E-state index contributed by atoms with van der Waals surface area (Å²) in [5.41, 5.74) is -0.288. The standard InChI is InChI=1S/C9H12O3S/c1-2-9(8-10-3-4-11-8)6-13-5-7(1)12-9/h1-2,7-8H,3-6H2. The average Bonchev–Trinajstić information content (AvgIpc) is 2.75. The Balaban J connectivity index is 1.83. The third kappa shape index (κ3) is 1.24.